The number of carbonyl (C=O) groups excluding carboxylic acids is 2. The molecule has 2 amide bonds. The summed E-state index contributed by atoms with van der Waals surface area (Å²) in [5.74, 6) is -0.0159. The Morgan fingerprint density at radius 2 is 1.74 bits per heavy atom. The summed E-state index contributed by atoms with van der Waals surface area (Å²) in [5.41, 5.74) is 1.28. The zero-order valence-electron chi connectivity index (χ0n) is 18.2. The quantitative estimate of drug-likeness (QED) is 0.352. The number of carbonyl (C=O) groups is 2. The molecule has 0 spiro atoms. The Balaban J connectivity index is 2.00. The summed E-state index contributed by atoms with van der Waals surface area (Å²) >= 11 is 8.66. The Labute approximate surface area is 197 Å². The van der Waals surface area contributed by atoms with Gasteiger partial charge in [-0.05, 0) is 81.9 Å². The van der Waals surface area contributed by atoms with Crippen LogP contribution in [0.25, 0.3) is 0 Å². The van der Waals surface area contributed by atoms with Crippen LogP contribution in [0.3, 0.4) is 0 Å². The standard InChI is InChI=1S/C23H28BrN3O3S/c1-5-6-13-30-19-12-9-16(24)14-18(19)21(29)26-22(31)25-17-10-7-15(8-11-17)20(28)27-23(2,3)4/h7-12,14H,5-6,13H2,1-4H3,(H,27,28)(H2,25,26,29,31). The predicted octanol–water partition coefficient (Wildman–Crippen LogP) is 5.28. The minimum Gasteiger partial charge on any atom is -0.493 e. The van der Waals surface area contributed by atoms with Gasteiger partial charge in [0.25, 0.3) is 11.8 Å². The summed E-state index contributed by atoms with van der Waals surface area (Å²) in [5, 5.41) is 8.69. The van der Waals surface area contributed by atoms with Gasteiger partial charge in [0.2, 0.25) is 0 Å². The van der Waals surface area contributed by atoms with E-state index in [-0.39, 0.29) is 22.5 Å². The molecule has 0 aliphatic rings. The lowest BCUT2D eigenvalue weighted by Gasteiger charge is -2.20. The Kier molecular flexibility index (Phi) is 9.00. The number of hydrogen-bond acceptors (Lipinski definition) is 4. The molecule has 0 unspecified atom stereocenters. The maximum atomic E-state index is 12.7. The van der Waals surface area contributed by atoms with Crippen molar-refractivity contribution in [1.29, 1.82) is 0 Å². The lowest BCUT2D eigenvalue weighted by Crippen LogP contribution is -2.40. The van der Waals surface area contributed by atoms with Gasteiger partial charge in [-0.1, -0.05) is 29.3 Å². The smallest absolute Gasteiger partial charge is 0.261 e. The first kappa shape index (κ1) is 24.8. The highest BCUT2D eigenvalue weighted by atomic mass is 79.9. The number of halogens is 1. The molecule has 166 valence electrons. The normalized spacial score (nSPS) is 10.9. The van der Waals surface area contributed by atoms with Crippen molar-refractivity contribution in [2.24, 2.45) is 0 Å². The lowest BCUT2D eigenvalue weighted by molar-refractivity contribution is 0.0918. The highest BCUT2D eigenvalue weighted by Gasteiger charge is 2.16. The average Bonchev–Trinajstić information content (AvgIpc) is 2.68. The van der Waals surface area contributed by atoms with Crippen molar-refractivity contribution in [1.82, 2.24) is 10.6 Å². The molecular formula is C23H28BrN3O3S. The highest BCUT2D eigenvalue weighted by Crippen LogP contribution is 2.23. The molecule has 0 bridgehead atoms. The SMILES string of the molecule is CCCCOc1ccc(Br)cc1C(=O)NC(=S)Nc1ccc(C(=O)NC(C)(C)C)cc1. The second-order valence-electron chi connectivity index (χ2n) is 8.03. The van der Waals surface area contributed by atoms with Crippen molar-refractivity contribution >= 4 is 50.8 Å². The van der Waals surface area contributed by atoms with E-state index in [0.29, 0.717) is 29.2 Å². The molecule has 2 aromatic carbocycles. The first-order valence-electron chi connectivity index (χ1n) is 10.1. The van der Waals surface area contributed by atoms with Gasteiger partial charge in [0, 0.05) is 21.3 Å². The molecule has 3 N–H and O–H groups in total. The zero-order valence-corrected chi connectivity index (χ0v) is 20.6. The van der Waals surface area contributed by atoms with E-state index < -0.39 is 0 Å². The van der Waals surface area contributed by atoms with Crippen LogP contribution >= 0.6 is 28.1 Å². The van der Waals surface area contributed by atoms with E-state index in [2.05, 4.69) is 38.8 Å². The van der Waals surface area contributed by atoms with Crippen LogP contribution in [0.2, 0.25) is 0 Å². The maximum absolute atomic E-state index is 12.7. The number of hydrogen-bond donors (Lipinski definition) is 3. The van der Waals surface area contributed by atoms with Crippen molar-refractivity contribution < 1.29 is 14.3 Å². The van der Waals surface area contributed by atoms with Crippen LogP contribution < -0.4 is 20.7 Å². The largest absolute Gasteiger partial charge is 0.493 e. The van der Waals surface area contributed by atoms with Gasteiger partial charge in [-0.2, -0.15) is 0 Å². The third kappa shape index (κ3) is 8.30. The number of rotatable bonds is 7. The lowest BCUT2D eigenvalue weighted by atomic mass is 10.1. The second kappa shape index (κ2) is 11.2. The number of nitrogens with one attached hydrogen (secondary N) is 3. The minimum atomic E-state index is -0.369. The number of ether oxygens (including phenoxy) is 1. The van der Waals surface area contributed by atoms with E-state index in [0.717, 1.165) is 17.3 Å². The van der Waals surface area contributed by atoms with Crippen molar-refractivity contribution in [3.05, 3.63) is 58.1 Å². The molecule has 31 heavy (non-hydrogen) atoms. The molecule has 0 radical (unpaired) electrons. The van der Waals surface area contributed by atoms with E-state index in [1.807, 2.05) is 26.8 Å². The van der Waals surface area contributed by atoms with Crippen molar-refractivity contribution in [2.45, 2.75) is 46.1 Å². The van der Waals surface area contributed by atoms with Gasteiger partial charge in [-0.15, -0.1) is 0 Å². The van der Waals surface area contributed by atoms with E-state index in [1.54, 1.807) is 36.4 Å². The fraction of sp³-hybridized carbons (Fsp3) is 0.348. The van der Waals surface area contributed by atoms with Gasteiger partial charge in [0.15, 0.2) is 5.11 Å². The Morgan fingerprint density at radius 1 is 1.06 bits per heavy atom. The van der Waals surface area contributed by atoms with Crippen molar-refractivity contribution in [2.75, 3.05) is 11.9 Å². The van der Waals surface area contributed by atoms with Crippen molar-refractivity contribution in [3.63, 3.8) is 0 Å². The molecule has 0 saturated heterocycles. The van der Waals surface area contributed by atoms with Crippen LogP contribution in [0.1, 0.15) is 61.3 Å². The minimum absolute atomic E-state index is 0.149. The fourth-order valence-electron chi connectivity index (χ4n) is 2.58. The van der Waals surface area contributed by atoms with Crippen LogP contribution in [0, 0.1) is 0 Å². The number of thiocarbonyl (C=S) groups is 1. The Bertz CT molecular complexity index is 940. The van der Waals surface area contributed by atoms with Crippen LogP contribution in [0.5, 0.6) is 5.75 Å². The second-order valence-corrected chi connectivity index (χ2v) is 9.36. The van der Waals surface area contributed by atoms with Gasteiger partial charge in [0.05, 0.1) is 12.2 Å². The molecule has 2 aromatic rings. The van der Waals surface area contributed by atoms with Crippen molar-refractivity contribution in [3.8, 4) is 5.75 Å². The van der Waals surface area contributed by atoms with Gasteiger partial charge in [-0.25, -0.2) is 0 Å². The fourth-order valence-corrected chi connectivity index (χ4v) is 3.15. The first-order chi connectivity index (χ1) is 14.6. The Morgan fingerprint density at radius 3 is 2.35 bits per heavy atom. The molecule has 0 aliphatic carbocycles. The highest BCUT2D eigenvalue weighted by molar-refractivity contribution is 9.10. The number of amides is 2. The molecule has 0 aliphatic heterocycles. The van der Waals surface area contributed by atoms with Gasteiger partial charge >= 0.3 is 0 Å². The van der Waals surface area contributed by atoms with Crippen LogP contribution in [0.15, 0.2) is 46.9 Å². The third-order valence-electron chi connectivity index (χ3n) is 4.06. The summed E-state index contributed by atoms with van der Waals surface area (Å²) in [7, 11) is 0. The summed E-state index contributed by atoms with van der Waals surface area (Å²) < 4.78 is 6.51. The molecule has 8 heteroatoms. The van der Waals surface area contributed by atoms with Crippen LogP contribution in [0.4, 0.5) is 5.69 Å². The molecule has 0 saturated carbocycles. The average molecular weight is 506 g/mol. The van der Waals surface area contributed by atoms with Gasteiger partial charge in [0.1, 0.15) is 5.75 Å². The maximum Gasteiger partial charge on any atom is 0.261 e. The molecule has 2 rings (SSSR count). The summed E-state index contributed by atoms with van der Waals surface area (Å²) in [6.45, 7) is 8.39. The third-order valence-corrected chi connectivity index (χ3v) is 4.76. The molecule has 0 fully saturated rings. The number of benzene rings is 2. The molecule has 0 atom stereocenters. The topological polar surface area (TPSA) is 79.5 Å². The molecule has 6 nitrogen and oxygen atoms in total. The zero-order chi connectivity index (χ0) is 23.0. The van der Waals surface area contributed by atoms with Crippen LogP contribution in [-0.4, -0.2) is 29.1 Å². The van der Waals surface area contributed by atoms with Gasteiger partial charge < -0.3 is 15.4 Å². The monoisotopic (exact) mass is 505 g/mol. The molecule has 0 aromatic heterocycles. The summed E-state index contributed by atoms with van der Waals surface area (Å²) in [6.07, 6.45) is 1.91. The van der Waals surface area contributed by atoms with E-state index in [4.69, 9.17) is 17.0 Å². The number of unbranched alkanes of at least 4 members (excludes halogenated alkanes) is 1. The summed E-state index contributed by atoms with van der Waals surface area (Å²) in [6, 6.07) is 12.1. The molecular weight excluding hydrogens is 478 g/mol. The molecule has 0 heterocycles. The predicted molar refractivity (Wildman–Crippen MR) is 132 cm³/mol. The van der Waals surface area contributed by atoms with E-state index in [9.17, 15) is 9.59 Å². The van der Waals surface area contributed by atoms with E-state index >= 15 is 0 Å². The van der Waals surface area contributed by atoms with E-state index in [1.165, 1.54) is 0 Å². The van der Waals surface area contributed by atoms with Crippen LogP contribution in [-0.2, 0) is 0 Å². The summed E-state index contributed by atoms with van der Waals surface area (Å²) in [4.78, 5) is 25.0. The van der Waals surface area contributed by atoms with Gasteiger partial charge in [-0.3, -0.25) is 14.9 Å². The number of anilines is 1. The Hall–Kier alpha value is -2.45. The first-order valence-corrected chi connectivity index (χ1v) is 11.3.